The minimum absolute atomic E-state index is 0.0816. The van der Waals surface area contributed by atoms with Crippen molar-refractivity contribution in [2.45, 2.75) is 25.4 Å². The second kappa shape index (κ2) is 6.88. The van der Waals surface area contributed by atoms with E-state index in [0.717, 1.165) is 14.8 Å². The zero-order valence-electron chi connectivity index (χ0n) is 11.2. The molecule has 0 aliphatic rings. The van der Waals surface area contributed by atoms with Crippen LogP contribution in [0.4, 0.5) is 0 Å². The summed E-state index contributed by atoms with van der Waals surface area (Å²) in [6, 6.07) is 12.9. The average Bonchev–Trinajstić information content (AvgIpc) is 2.86. The maximum atomic E-state index is 12.1. The van der Waals surface area contributed by atoms with Crippen LogP contribution in [0, 0.1) is 0 Å². The van der Waals surface area contributed by atoms with E-state index in [-0.39, 0.29) is 11.9 Å². The fraction of sp³-hybridized carbons (Fsp3) is 0.267. The van der Waals surface area contributed by atoms with Crippen molar-refractivity contribution >= 4 is 28.8 Å². The predicted molar refractivity (Wildman–Crippen MR) is 84.0 cm³/mol. The van der Waals surface area contributed by atoms with E-state index in [0.29, 0.717) is 6.42 Å². The third kappa shape index (κ3) is 4.07. The summed E-state index contributed by atoms with van der Waals surface area (Å²) >= 11 is 7.36. The highest BCUT2D eigenvalue weighted by molar-refractivity contribution is 7.16. The molecule has 2 aromatic rings. The lowest BCUT2D eigenvalue weighted by Crippen LogP contribution is -2.42. The third-order valence-electron chi connectivity index (χ3n) is 3.01. The average molecular weight is 309 g/mol. The van der Waals surface area contributed by atoms with Crippen LogP contribution in [-0.2, 0) is 11.2 Å². The van der Waals surface area contributed by atoms with E-state index in [4.69, 9.17) is 17.3 Å². The van der Waals surface area contributed by atoms with Crippen LogP contribution >= 0.6 is 22.9 Å². The first-order valence-corrected chi connectivity index (χ1v) is 7.61. The molecule has 1 amide bonds. The van der Waals surface area contributed by atoms with E-state index >= 15 is 0 Å². The number of benzene rings is 1. The third-order valence-corrected chi connectivity index (χ3v) is 4.43. The first kappa shape index (κ1) is 15.0. The van der Waals surface area contributed by atoms with Gasteiger partial charge in [0, 0.05) is 4.88 Å². The number of hydrogen-bond donors (Lipinski definition) is 2. The Bertz CT molecular complexity index is 570. The number of amides is 1. The van der Waals surface area contributed by atoms with Gasteiger partial charge in [-0.1, -0.05) is 41.9 Å². The Hall–Kier alpha value is -1.36. The van der Waals surface area contributed by atoms with Crippen molar-refractivity contribution in [2.75, 3.05) is 0 Å². The second-order valence-electron chi connectivity index (χ2n) is 4.67. The van der Waals surface area contributed by atoms with Crippen molar-refractivity contribution in [3.05, 3.63) is 57.2 Å². The monoisotopic (exact) mass is 308 g/mol. The fourth-order valence-corrected chi connectivity index (χ4v) is 2.98. The van der Waals surface area contributed by atoms with E-state index in [1.165, 1.54) is 11.3 Å². The van der Waals surface area contributed by atoms with Crippen LogP contribution in [0.3, 0.4) is 0 Å². The molecule has 2 atom stereocenters. The number of halogens is 1. The molecular weight excluding hydrogens is 292 g/mol. The number of rotatable bonds is 5. The van der Waals surface area contributed by atoms with Gasteiger partial charge in [0.25, 0.3) is 0 Å². The number of carbonyl (C=O) groups excluding carboxylic acids is 1. The van der Waals surface area contributed by atoms with Crippen LogP contribution in [-0.4, -0.2) is 11.9 Å². The Balaban J connectivity index is 1.91. The SMILES string of the molecule is CC(NC(=O)C(N)Cc1ccccc1)c1ccc(Cl)s1. The van der Waals surface area contributed by atoms with Gasteiger partial charge in [0.15, 0.2) is 0 Å². The van der Waals surface area contributed by atoms with Crippen LogP contribution in [0.2, 0.25) is 4.34 Å². The highest BCUT2D eigenvalue weighted by Gasteiger charge is 2.17. The van der Waals surface area contributed by atoms with Crippen LogP contribution in [0.1, 0.15) is 23.4 Å². The van der Waals surface area contributed by atoms with Gasteiger partial charge in [-0.25, -0.2) is 0 Å². The Labute approximate surface area is 127 Å². The summed E-state index contributed by atoms with van der Waals surface area (Å²) in [7, 11) is 0. The minimum Gasteiger partial charge on any atom is -0.347 e. The van der Waals surface area contributed by atoms with Crippen molar-refractivity contribution in [2.24, 2.45) is 5.73 Å². The maximum Gasteiger partial charge on any atom is 0.237 e. The van der Waals surface area contributed by atoms with Gasteiger partial charge in [-0.05, 0) is 31.0 Å². The molecule has 0 bridgehead atoms. The van der Waals surface area contributed by atoms with Gasteiger partial charge in [-0.2, -0.15) is 0 Å². The molecule has 0 saturated carbocycles. The summed E-state index contributed by atoms with van der Waals surface area (Å²) < 4.78 is 0.717. The molecule has 0 radical (unpaired) electrons. The van der Waals surface area contributed by atoms with E-state index in [1.807, 2.05) is 49.4 Å². The molecule has 2 rings (SSSR count). The molecule has 2 unspecified atom stereocenters. The van der Waals surface area contributed by atoms with Gasteiger partial charge in [0.05, 0.1) is 16.4 Å². The van der Waals surface area contributed by atoms with Gasteiger partial charge in [0.2, 0.25) is 5.91 Å². The quantitative estimate of drug-likeness (QED) is 0.891. The highest BCUT2D eigenvalue weighted by atomic mass is 35.5. The van der Waals surface area contributed by atoms with Gasteiger partial charge in [-0.15, -0.1) is 11.3 Å². The van der Waals surface area contributed by atoms with E-state index in [2.05, 4.69) is 5.32 Å². The largest absolute Gasteiger partial charge is 0.347 e. The molecule has 0 fully saturated rings. The second-order valence-corrected chi connectivity index (χ2v) is 6.42. The Morgan fingerprint density at radius 1 is 1.30 bits per heavy atom. The predicted octanol–water partition coefficient (Wildman–Crippen LogP) is 3.15. The summed E-state index contributed by atoms with van der Waals surface area (Å²) in [5, 5.41) is 2.92. The zero-order valence-corrected chi connectivity index (χ0v) is 12.7. The van der Waals surface area contributed by atoms with Gasteiger partial charge in [0.1, 0.15) is 0 Å². The topological polar surface area (TPSA) is 55.1 Å². The van der Waals surface area contributed by atoms with Crippen LogP contribution < -0.4 is 11.1 Å². The molecule has 3 N–H and O–H groups in total. The van der Waals surface area contributed by atoms with Gasteiger partial charge < -0.3 is 11.1 Å². The molecule has 20 heavy (non-hydrogen) atoms. The summed E-state index contributed by atoms with van der Waals surface area (Å²) in [6.45, 7) is 1.93. The van der Waals surface area contributed by atoms with E-state index < -0.39 is 6.04 Å². The molecule has 1 aromatic heterocycles. The standard InChI is InChI=1S/C15H17ClN2OS/c1-10(13-7-8-14(16)20-13)18-15(19)12(17)9-11-5-3-2-4-6-11/h2-8,10,12H,9,17H2,1H3,(H,18,19). The Kier molecular flexibility index (Phi) is 5.17. The first-order valence-electron chi connectivity index (χ1n) is 6.41. The molecule has 106 valence electrons. The molecule has 5 heteroatoms. The minimum atomic E-state index is -0.546. The zero-order chi connectivity index (χ0) is 14.5. The van der Waals surface area contributed by atoms with E-state index in [1.54, 1.807) is 0 Å². The molecule has 0 saturated heterocycles. The highest BCUT2D eigenvalue weighted by Crippen LogP contribution is 2.26. The molecule has 1 heterocycles. The lowest BCUT2D eigenvalue weighted by Gasteiger charge is -2.16. The summed E-state index contributed by atoms with van der Waals surface area (Å²) in [5.74, 6) is -0.147. The fourth-order valence-electron chi connectivity index (χ4n) is 1.91. The van der Waals surface area contributed by atoms with Crippen molar-refractivity contribution in [3.63, 3.8) is 0 Å². The van der Waals surface area contributed by atoms with Gasteiger partial charge in [-0.3, -0.25) is 4.79 Å². The molecule has 1 aromatic carbocycles. The van der Waals surface area contributed by atoms with Crippen molar-refractivity contribution in [3.8, 4) is 0 Å². The maximum absolute atomic E-state index is 12.1. The van der Waals surface area contributed by atoms with Crippen molar-refractivity contribution < 1.29 is 4.79 Å². The summed E-state index contributed by atoms with van der Waals surface area (Å²) in [5.41, 5.74) is 7.00. The lowest BCUT2D eigenvalue weighted by molar-refractivity contribution is -0.122. The molecular formula is C15H17ClN2OS. The molecule has 0 spiro atoms. The van der Waals surface area contributed by atoms with Crippen LogP contribution in [0.25, 0.3) is 0 Å². The lowest BCUT2D eigenvalue weighted by atomic mass is 10.1. The Morgan fingerprint density at radius 3 is 2.60 bits per heavy atom. The smallest absolute Gasteiger partial charge is 0.237 e. The van der Waals surface area contributed by atoms with E-state index in [9.17, 15) is 4.79 Å². The first-order chi connectivity index (χ1) is 9.56. The molecule has 0 aliphatic carbocycles. The van der Waals surface area contributed by atoms with Gasteiger partial charge >= 0.3 is 0 Å². The number of carbonyl (C=O) groups is 1. The molecule has 0 aliphatic heterocycles. The summed E-state index contributed by atoms with van der Waals surface area (Å²) in [4.78, 5) is 13.1. The normalized spacial score (nSPS) is 13.8. The van der Waals surface area contributed by atoms with Crippen LogP contribution in [0.15, 0.2) is 42.5 Å². The summed E-state index contributed by atoms with van der Waals surface area (Å²) in [6.07, 6.45) is 0.532. The number of hydrogen-bond acceptors (Lipinski definition) is 3. The van der Waals surface area contributed by atoms with Crippen molar-refractivity contribution in [1.82, 2.24) is 5.32 Å². The number of nitrogens with one attached hydrogen (secondary N) is 1. The number of thiophene rings is 1. The number of nitrogens with two attached hydrogens (primary N) is 1. The molecule has 3 nitrogen and oxygen atoms in total. The Morgan fingerprint density at radius 2 is 2.00 bits per heavy atom. The van der Waals surface area contributed by atoms with Crippen LogP contribution in [0.5, 0.6) is 0 Å². The van der Waals surface area contributed by atoms with Crippen molar-refractivity contribution in [1.29, 1.82) is 0 Å².